The van der Waals surface area contributed by atoms with E-state index in [9.17, 15) is 4.39 Å². The Kier molecular flexibility index (Phi) is 2.74. The first-order chi connectivity index (χ1) is 6.72. The van der Waals surface area contributed by atoms with Crippen LogP contribution in [0.4, 0.5) is 4.39 Å². The van der Waals surface area contributed by atoms with Crippen molar-refractivity contribution in [2.24, 2.45) is 0 Å². The Balaban J connectivity index is 2.38. The number of likely N-dealkylation sites (N-methyl/N-ethyl adjacent to an activating group) is 1. The van der Waals surface area contributed by atoms with Crippen LogP contribution in [0, 0.1) is 5.82 Å². The van der Waals surface area contributed by atoms with Crippen LogP contribution in [0.5, 0.6) is 5.75 Å². The van der Waals surface area contributed by atoms with Gasteiger partial charge in [-0.3, -0.25) is 0 Å². The third-order valence-electron chi connectivity index (χ3n) is 2.26. The van der Waals surface area contributed by atoms with Crippen molar-refractivity contribution in [3.8, 4) is 5.75 Å². The molecule has 76 valence electrons. The van der Waals surface area contributed by atoms with Crippen LogP contribution < -0.4 is 10.1 Å². The molecule has 4 heteroatoms. The maximum atomic E-state index is 13.4. The van der Waals surface area contributed by atoms with Gasteiger partial charge in [-0.1, -0.05) is 22.9 Å². The standard InChI is InChI=1S/C10H11BrFNO/c1-2-13-9-5-14-10-7(9)3-6(11)4-8(10)12/h3-4,9,13H,2,5H2,1H3. The van der Waals surface area contributed by atoms with Crippen LogP contribution in [0.25, 0.3) is 0 Å². The van der Waals surface area contributed by atoms with Gasteiger partial charge < -0.3 is 10.1 Å². The Morgan fingerprint density at radius 3 is 3.14 bits per heavy atom. The highest BCUT2D eigenvalue weighted by Gasteiger charge is 2.26. The number of ether oxygens (including phenoxy) is 1. The number of benzene rings is 1. The zero-order valence-corrected chi connectivity index (χ0v) is 9.40. The van der Waals surface area contributed by atoms with Crippen LogP contribution in [0.2, 0.25) is 0 Å². The lowest BCUT2D eigenvalue weighted by atomic mass is 10.1. The number of hydrogen-bond donors (Lipinski definition) is 1. The van der Waals surface area contributed by atoms with Crippen molar-refractivity contribution in [1.29, 1.82) is 0 Å². The van der Waals surface area contributed by atoms with Gasteiger partial charge in [-0.2, -0.15) is 0 Å². The average molecular weight is 260 g/mol. The SMILES string of the molecule is CCNC1COc2c(F)cc(Br)cc21. The summed E-state index contributed by atoms with van der Waals surface area (Å²) in [5.74, 6) is 0.0916. The highest BCUT2D eigenvalue weighted by Crippen LogP contribution is 2.36. The van der Waals surface area contributed by atoms with Gasteiger partial charge in [0.05, 0.1) is 6.04 Å². The lowest BCUT2D eigenvalue weighted by Gasteiger charge is -2.08. The van der Waals surface area contributed by atoms with E-state index in [4.69, 9.17) is 4.74 Å². The first kappa shape index (κ1) is 9.93. The molecule has 1 aromatic rings. The van der Waals surface area contributed by atoms with Crippen molar-refractivity contribution in [1.82, 2.24) is 5.32 Å². The second-order valence-corrected chi connectivity index (χ2v) is 4.14. The van der Waals surface area contributed by atoms with E-state index in [-0.39, 0.29) is 11.9 Å². The Morgan fingerprint density at radius 1 is 1.64 bits per heavy atom. The molecular formula is C10H11BrFNO. The molecular weight excluding hydrogens is 249 g/mol. The van der Waals surface area contributed by atoms with Crippen molar-refractivity contribution in [2.75, 3.05) is 13.2 Å². The molecule has 2 rings (SSSR count). The summed E-state index contributed by atoms with van der Waals surface area (Å²) in [7, 11) is 0. The maximum absolute atomic E-state index is 13.4. The van der Waals surface area contributed by atoms with Crippen LogP contribution >= 0.6 is 15.9 Å². The zero-order valence-electron chi connectivity index (χ0n) is 7.81. The lowest BCUT2D eigenvalue weighted by Crippen LogP contribution is -2.21. The van der Waals surface area contributed by atoms with Crippen LogP contribution in [0.1, 0.15) is 18.5 Å². The molecule has 1 aromatic carbocycles. The Hall–Kier alpha value is -0.610. The molecule has 2 nitrogen and oxygen atoms in total. The van der Waals surface area contributed by atoms with E-state index in [0.717, 1.165) is 16.6 Å². The Bertz CT molecular complexity index is 356. The van der Waals surface area contributed by atoms with Crippen molar-refractivity contribution >= 4 is 15.9 Å². The molecule has 0 saturated heterocycles. The predicted molar refractivity (Wildman–Crippen MR) is 56.0 cm³/mol. The molecule has 1 N–H and O–H groups in total. The van der Waals surface area contributed by atoms with Crippen molar-refractivity contribution in [3.05, 3.63) is 28.0 Å². The molecule has 0 amide bonds. The molecule has 1 atom stereocenters. The molecule has 0 fully saturated rings. The summed E-state index contributed by atoms with van der Waals surface area (Å²) in [5, 5.41) is 3.24. The molecule has 0 aromatic heterocycles. The lowest BCUT2D eigenvalue weighted by molar-refractivity contribution is 0.302. The summed E-state index contributed by atoms with van der Waals surface area (Å²) in [4.78, 5) is 0. The fourth-order valence-corrected chi connectivity index (χ4v) is 2.11. The minimum atomic E-state index is -0.297. The van der Waals surface area contributed by atoms with Gasteiger partial charge in [0.15, 0.2) is 11.6 Å². The van der Waals surface area contributed by atoms with Gasteiger partial charge in [0, 0.05) is 10.0 Å². The fraction of sp³-hybridized carbons (Fsp3) is 0.400. The second-order valence-electron chi connectivity index (χ2n) is 3.23. The minimum Gasteiger partial charge on any atom is -0.488 e. The van der Waals surface area contributed by atoms with Gasteiger partial charge in [-0.15, -0.1) is 0 Å². The van der Waals surface area contributed by atoms with Gasteiger partial charge in [0.1, 0.15) is 6.61 Å². The first-order valence-electron chi connectivity index (χ1n) is 4.57. The zero-order chi connectivity index (χ0) is 10.1. The van der Waals surface area contributed by atoms with Crippen LogP contribution in [-0.2, 0) is 0 Å². The fourth-order valence-electron chi connectivity index (χ4n) is 1.66. The monoisotopic (exact) mass is 259 g/mol. The topological polar surface area (TPSA) is 21.3 Å². The average Bonchev–Trinajstić information content (AvgIpc) is 2.49. The summed E-state index contributed by atoms with van der Waals surface area (Å²) in [6.45, 7) is 3.38. The Labute approximate surface area is 90.6 Å². The van der Waals surface area contributed by atoms with E-state index in [2.05, 4.69) is 21.2 Å². The van der Waals surface area contributed by atoms with Crippen molar-refractivity contribution < 1.29 is 9.13 Å². The molecule has 0 bridgehead atoms. The summed E-state index contributed by atoms with van der Waals surface area (Å²) in [5.41, 5.74) is 0.902. The van der Waals surface area contributed by atoms with Gasteiger partial charge in [0.25, 0.3) is 0 Å². The summed E-state index contributed by atoms with van der Waals surface area (Å²) in [6, 6.07) is 3.44. The minimum absolute atomic E-state index is 0.113. The van der Waals surface area contributed by atoms with E-state index in [1.807, 2.05) is 13.0 Å². The van der Waals surface area contributed by atoms with E-state index >= 15 is 0 Å². The number of hydrogen-bond acceptors (Lipinski definition) is 2. The van der Waals surface area contributed by atoms with Crippen molar-refractivity contribution in [2.45, 2.75) is 13.0 Å². The molecule has 1 aliphatic rings. The van der Waals surface area contributed by atoms with E-state index in [1.165, 1.54) is 6.07 Å². The van der Waals surface area contributed by atoms with Gasteiger partial charge in [0.2, 0.25) is 0 Å². The molecule has 0 spiro atoms. The van der Waals surface area contributed by atoms with Gasteiger partial charge in [-0.05, 0) is 18.7 Å². The summed E-state index contributed by atoms with van der Waals surface area (Å²) in [6.07, 6.45) is 0. The summed E-state index contributed by atoms with van der Waals surface area (Å²) < 4.78 is 19.4. The normalized spacial score (nSPS) is 19.2. The summed E-state index contributed by atoms with van der Waals surface area (Å²) >= 11 is 3.27. The van der Waals surface area contributed by atoms with Gasteiger partial charge in [-0.25, -0.2) is 4.39 Å². The van der Waals surface area contributed by atoms with Crippen LogP contribution in [0.3, 0.4) is 0 Å². The molecule has 0 radical (unpaired) electrons. The van der Waals surface area contributed by atoms with E-state index in [0.29, 0.717) is 12.4 Å². The van der Waals surface area contributed by atoms with Crippen LogP contribution in [0.15, 0.2) is 16.6 Å². The number of nitrogens with one attached hydrogen (secondary N) is 1. The highest BCUT2D eigenvalue weighted by molar-refractivity contribution is 9.10. The second kappa shape index (κ2) is 3.87. The molecule has 1 aliphatic heterocycles. The predicted octanol–water partition coefficient (Wildman–Crippen LogP) is 2.63. The third-order valence-corrected chi connectivity index (χ3v) is 2.72. The van der Waals surface area contributed by atoms with Gasteiger partial charge >= 0.3 is 0 Å². The molecule has 0 aliphatic carbocycles. The van der Waals surface area contributed by atoms with Crippen molar-refractivity contribution in [3.63, 3.8) is 0 Å². The number of fused-ring (bicyclic) bond motifs is 1. The smallest absolute Gasteiger partial charge is 0.166 e. The van der Waals surface area contributed by atoms with E-state index in [1.54, 1.807) is 0 Å². The molecule has 14 heavy (non-hydrogen) atoms. The molecule has 0 saturated carbocycles. The first-order valence-corrected chi connectivity index (χ1v) is 5.36. The quantitative estimate of drug-likeness (QED) is 0.882. The highest BCUT2D eigenvalue weighted by atomic mass is 79.9. The number of halogens is 2. The van der Waals surface area contributed by atoms with E-state index < -0.39 is 0 Å². The molecule has 1 unspecified atom stereocenters. The van der Waals surface area contributed by atoms with Crippen LogP contribution in [-0.4, -0.2) is 13.2 Å². The Morgan fingerprint density at radius 2 is 2.43 bits per heavy atom. The number of rotatable bonds is 2. The largest absolute Gasteiger partial charge is 0.488 e. The maximum Gasteiger partial charge on any atom is 0.166 e. The molecule has 1 heterocycles. The third kappa shape index (κ3) is 1.64.